The maximum absolute atomic E-state index is 5.15. The molecule has 1 N–H and O–H groups in total. The Bertz CT molecular complexity index is 119. The van der Waals surface area contributed by atoms with Crippen molar-refractivity contribution in [2.45, 2.75) is 46.5 Å². The monoisotopic (exact) mass is 201 g/mol. The second-order valence-electron chi connectivity index (χ2n) is 3.85. The van der Waals surface area contributed by atoms with Crippen LogP contribution in [0.1, 0.15) is 46.5 Å². The zero-order chi connectivity index (χ0) is 10.9. The molecule has 0 saturated carbocycles. The zero-order valence-corrected chi connectivity index (χ0v) is 10.4. The molecule has 1 heterocycles. The van der Waals surface area contributed by atoms with E-state index in [0.717, 1.165) is 6.61 Å². The molecule has 0 bridgehead atoms. The number of rotatable bonds is 4. The predicted octanol–water partition coefficient (Wildman–Crippen LogP) is 2.83. The van der Waals surface area contributed by atoms with Crippen LogP contribution in [0.25, 0.3) is 0 Å². The zero-order valence-electron chi connectivity index (χ0n) is 10.4. The molecule has 0 unspecified atom stereocenters. The van der Waals surface area contributed by atoms with Gasteiger partial charge in [0.15, 0.2) is 0 Å². The van der Waals surface area contributed by atoms with Gasteiger partial charge in [0.1, 0.15) is 0 Å². The molecule has 0 aliphatic carbocycles. The van der Waals surface area contributed by atoms with Gasteiger partial charge in [-0.05, 0) is 37.8 Å². The minimum atomic E-state index is 0.585. The summed E-state index contributed by atoms with van der Waals surface area (Å²) in [6.07, 6.45) is 5.19. The van der Waals surface area contributed by atoms with Gasteiger partial charge in [-0.3, -0.25) is 0 Å². The summed E-state index contributed by atoms with van der Waals surface area (Å²) in [5.41, 5.74) is 0.585. The highest BCUT2D eigenvalue weighted by atomic mass is 16.5. The van der Waals surface area contributed by atoms with Crippen LogP contribution in [0, 0.1) is 5.41 Å². The van der Waals surface area contributed by atoms with Crippen LogP contribution < -0.4 is 5.32 Å². The Labute approximate surface area is 89.4 Å². The van der Waals surface area contributed by atoms with E-state index in [2.05, 4.69) is 12.2 Å². The van der Waals surface area contributed by atoms with Crippen molar-refractivity contribution in [1.29, 1.82) is 0 Å². The molecule has 0 atom stereocenters. The first-order valence-corrected chi connectivity index (χ1v) is 6.03. The van der Waals surface area contributed by atoms with Crippen molar-refractivity contribution in [3.05, 3.63) is 0 Å². The molecule has 0 spiro atoms. The molecular formula is C12H27NO. The molecule has 1 aliphatic heterocycles. The average molecular weight is 201 g/mol. The molecule has 0 aromatic heterocycles. The van der Waals surface area contributed by atoms with Gasteiger partial charge in [-0.2, -0.15) is 0 Å². The van der Waals surface area contributed by atoms with Gasteiger partial charge in [-0.1, -0.05) is 27.2 Å². The second-order valence-corrected chi connectivity index (χ2v) is 3.85. The van der Waals surface area contributed by atoms with Crippen molar-refractivity contribution in [3.8, 4) is 0 Å². The van der Waals surface area contributed by atoms with Crippen LogP contribution >= 0.6 is 0 Å². The minimum absolute atomic E-state index is 0.585. The van der Waals surface area contributed by atoms with Gasteiger partial charge in [-0.25, -0.2) is 0 Å². The lowest BCUT2D eigenvalue weighted by molar-refractivity contribution is 0.105. The molecule has 0 aromatic rings. The largest absolute Gasteiger partial charge is 0.385 e. The lowest BCUT2D eigenvalue weighted by Crippen LogP contribution is -2.37. The Balaban J connectivity index is 0.000000791. The van der Waals surface area contributed by atoms with E-state index in [1.54, 1.807) is 7.11 Å². The first kappa shape index (κ1) is 13.9. The molecule has 14 heavy (non-hydrogen) atoms. The summed E-state index contributed by atoms with van der Waals surface area (Å²) in [6, 6.07) is 0. The molecule has 1 aliphatic rings. The first-order valence-electron chi connectivity index (χ1n) is 6.03. The van der Waals surface area contributed by atoms with E-state index in [1.165, 1.54) is 38.8 Å². The van der Waals surface area contributed by atoms with E-state index >= 15 is 0 Å². The summed E-state index contributed by atoms with van der Waals surface area (Å²) in [5, 5.41) is 3.41. The van der Waals surface area contributed by atoms with E-state index in [1.807, 2.05) is 13.8 Å². The first-order chi connectivity index (χ1) is 6.83. The predicted molar refractivity (Wildman–Crippen MR) is 62.7 cm³/mol. The lowest BCUT2D eigenvalue weighted by atomic mass is 9.74. The van der Waals surface area contributed by atoms with Crippen molar-refractivity contribution in [1.82, 2.24) is 5.32 Å². The SMILES string of the molecule is CC.CCC1(CCOC)CCNCC1. The fourth-order valence-electron chi connectivity index (χ4n) is 2.06. The number of piperidine rings is 1. The summed E-state index contributed by atoms with van der Waals surface area (Å²) >= 11 is 0. The van der Waals surface area contributed by atoms with Crippen LogP contribution in [0.2, 0.25) is 0 Å². The van der Waals surface area contributed by atoms with E-state index < -0.39 is 0 Å². The normalized spacial score (nSPS) is 19.7. The fourth-order valence-corrected chi connectivity index (χ4v) is 2.06. The lowest BCUT2D eigenvalue weighted by Gasteiger charge is -2.36. The average Bonchev–Trinajstić information content (AvgIpc) is 2.30. The van der Waals surface area contributed by atoms with E-state index in [4.69, 9.17) is 4.74 Å². The van der Waals surface area contributed by atoms with Gasteiger partial charge in [0, 0.05) is 13.7 Å². The van der Waals surface area contributed by atoms with Crippen LogP contribution in [0.3, 0.4) is 0 Å². The summed E-state index contributed by atoms with van der Waals surface area (Å²) in [4.78, 5) is 0. The molecule has 1 rings (SSSR count). The van der Waals surface area contributed by atoms with Crippen molar-refractivity contribution < 1.29 is 4.74 Å². The van der Waals surface area contributed by atoms with Crippen molar-refractivity contribution in [2.75, 3.05) is 26.8 Å². The van der Waals surface area contributed by atoms with Gasteiger partial charge < -0.3 is 10.1 Å². The van der Waals surface area contributed by atoms with Crippen molar-refractivity contribution >= 4 is 0 Å². The number of hydrogen-bond donors (Lipinski definition) is 1. The van der Waals surface area contributed by atoms with Crippen LogP contribution in [0.15, 0.2) is 0 Å². The number of methoxy groups -OCH3 is 1. The molecule has 1 saturated heterocycles. The highest BCUT2D eigenvalue weighted by Crippen LogP contribution is 2.35. The Morgan fingerprint density at radius 3 is 2.21 bits per heavy atom. The Kier molecular flexibility index (Phi) is 8.20. The third-order valence-electron chi connectivity index (χ3n) is 3.25. The third-order valence-corrected chi connectivity index (χ3v) is 3.25. The Morgan fingerprint density at radius 2 is 1.79 bits per heavy atom. The topological polar surface area (TPSA) is 21.3 Å². The fraction of sp³-hybridized carbons (Fsp3) is 1.00. The van der Waals surface area contributed by atoms with Gasteiger partial charge in [0.05, 0.1) is 0 Å². The highest BCUT2D eigenvalue weighted by molar-refractivity contribution is 4.83. The standard InChI is InChI=1S/C10H21NO.C2H6/c1-3-10(6-9-12-2)4-7-11-8-5-10;1-2/h11H,3-9H2,1-2H3;1-2H3. The molecule has 1 fully saturated rings. The number of ether oxygens (including phenoxy) is 1. The van der Waals surface area contributed by atoms with Crippen molar-refractivity contribution in [3.63, 3.8) is 0 Å². The van der Waals surface area contributed by atoms with E-state index in [0.29, 0.717) is 5.41 Å². The van der Waals surface area contributed by atoms with E-state index in [9.17, 15) is 0 Å². The summed E-state index contributed by atoms with van der Waals surface area (Å²) in [7, 11) is 1.80. The molecule has 0 amide bonds. The maximum atomic E-state index is 5.15. The number of nitrogens with one attached hydrogen (secondary N) is 1. The molecule has 0 aromatic carbocycles. The molecule has 2 nitrogen and oxygen atoms in total. The van der Waals surface area contributed by atoms with Gasteiger partial charge >= 0.3 is 0 Å². The minimum Gasteiger partial charge on any atom is -0.385 e. The van der Waals surface area contributed by atoms with Crippen LogP contribution in [0.5, 0.6) is 0 Å². The molecule has 86 valence electrons. The van der Waals surface area contributed by atoms with Crippen LogP contribution in [0.4, 0.5) is 0 Å². The summed E-state index contributed by atoms with van der Waals surface area (Å²) < 4.78 is 5.15. The van der Waals surface area contributed by atoms with Crippen LogP contribution in [-0.2, 0) is 4.74 Å². The quantitative estimate of drug-likeness (QED) is 0.755. The Morgan fingerprint density at radius 1 is 1.21 bits per heavy atom. The van der Waals surface area contributed by atoms with Crippen LogP contribution in [-0.4, -0.2) is 26.8 Å². The molecular weight excluding hydrogens is 174 g/mol. The van der Waals surface area contributed by atoms with Gasteiger partial charge in [0.25, 0.3) is 0 Å². The highest BCUT2D eigenvalue weighted by Gasteiger charge is 2.29. The van der Waals surface area contributed by atoms with Crippen molar-refractivity contribution in [2.24, 2.45) is 5.41 Å². The molecule has 0 radical (unpaired) electrons. The summed E-state index contributed by atoms with van der Waals surface area (Å²) in [6.45, 7) is 9.62. The van der Waals surface area contributed by atoms with Gasteiger partial charge in [0.2, 0.25) is 0 Å². The van der Waals surface area contributed by atoms with Gasteiger partial charge in [-0.15, -0.1) is 0 Å². The maximum Gasteiger partial charge on any atom is 0.0467 e. The third kappa shape index (κ3) is 4.43. The molecule has 2 heteroatoms. The van der Waals surface area contributed by atoms with E-state index in [-0.39, 0.29) is 0 Å². The summed E-state index contributed by atoms with van der Waals surface area (Å²) in [5.74, 6) is 0. The second kappa shape index (κ2) is 8.25. The Hall–Kier alpha value is -0.0800. The number of hydrogen-bond acceptors (Lipinski definition) is 2. The smallest absolute Gasteiger partial charge is 0.0467 e.